The predicted octanol–water partition coefficient (Wildman–Crippen LogP) is 0.992. The van der Waals surface area contributed by atoms with Gasteiger partial charge in [0, 0.05) is 6.54 Å². The summed E-state index contributed by atoms with van der Waals surface area (Å²) < 4.78 is 15.4. The molecule has 2 rings (SSSR count). The Morgan fingerprint density at radius 3 is 2.86 bits per heavy atom. The van der Waals surface area contributed by atoms with Crippen molar-refractivity contribution >= 4 is 5.91 Å². The van der Waals surface area contributed by atoms with E-state index < -0.39 is 5.91 Å². The lowest BCUT2D eigenvalue weighted by atomic mass is 10.2. The number of hydrogen-bond acceptors (Lipinski definition) is 6. The molecule has 2 aromatic rings. The van der Waals surface area contributed by atoms with Crippen molar-refractivity contribution in [1.29, 1.82) is 0 Å². The molecule has 7 heteroatoms. The predicted molar refractivity (Wildman–Crippen MR) is 77.5 cm³/mol. The maximum absolute atomic E-state index is 11.8. The highest BCUT2D eigenvalue weighted by molar-refractivity contribution is 5.91. The summed E-state index contributed by atoms with van der Waals surface area (Å²) in [7, 11) is 0. The fourth-order valence-electron chi connectivity index (χ4n) is 1.66. The van der Waals surface area contributed by atoms with E-state index in [-0.39, 0.29) is 24.9 Å². The van der Waals surface area contributed by atoms with Crippen molar-refractivity contribution in [2.75, 3.05) is 26.4 Å². The normalized spacial score (nSPS) is 10.4. The van der Waals surface area contributed by atoms with Crippen molar-refractivity contribution < 1.29 is 23.9 Å². The number of carbonyl (C=O) groups excluding carboxylic acids is 1. The Labute approximate surface area is 127 Å². The number of aliphatic hydroxyl groups excluding tert-OH is 1. The third kappa shape index (κ3) is 5.19. The summed E-state index contributed by atoms with van der Waals surface area (Å²) in [5, 5.41) is 14.8. The van der Waals surface area contributed by atoms with E-state index in [0.717, 1.165) is 5.56 Å². The summed E-state index contributed by atoms with van der Waals surface area (Å²) in [5.74, 6) is -0.0644. The number of nitrogens with zero attached hydrogens (tertiary/aromatic N) is 1. The van der Waals surface area contributed by atoms with Crippen molar-refractivity contribution in [3.8, 4) is 5.88 Å². The lowest BCUT2D eigenvalue weighted by Crippen LogP contribution is -2.27. The zero-order valence-corrected chi connectivity index (χ0v) is 12.0. The van der Waals surface area contributed by atoms with E-state index in [4.69, 9.17) is 19.1 Å². The van der Waals surface area contributed by atoms with Crippen molar-refractivity contribution in [2.24, 2.45) is 0 Å². The molecule has 0 radical (unpaired) electrons. The molecule has 1 aromatic heterocycles. The smallest absolute Gasteiger partial charge is 0.290 e. The van der Waals surface area contributed by atoms with Crippen molar-refractivity contribution in [2.45, 2.75) is 6.61 Å². The number of ether oxygens (including phenoxy) is 2. The van der Waals surface area contributed by atoms with Crippen LogP contribution in [0, 0.1) is 0 Å². The van der Waals surface area contributed by atoms with E-state index in [2.05, 4.69) is 10.5 Å². The van der Waals surface area contributed by atoms with Crippen LogP contribution < -0.4 is 10.1 Å². The van der Waals surface area contributed by atoms with Crippen LogP contribution in [0.3, 0.4) is 0 Å². The van der Waals surface area contributed by atoms with Crippen LogP contribution in [0.15, 0.2) is 40.9 Å². The average molecular weight is 306 g/mol. The van der Waals surface area contributed by atoms with Gasteiger partial charge in [0.2, 0.25) is 5.76 Å². The highest BCUT2D eigenvalue weighted by atomic mass is 16.5. The molecule has 0 fully saturated rings. The summed E-state index contributed by atoms with van der Waals surface area (Å²) in [6, 6.07) is 11.1. The molecule has 2 N–H and O–H groups in total. The van der Waals surface area contributed by atoms with Gasteiger partial charge in [-0.25, -0.2) is 0 Å². The van der Waals surface area contributed by atoms with Gasteiger partial charge in [-0.2, -0.15) is 0 Å². The van der Waals surface area contributed by atoms with Gasteiger partial charge in [-0.15, -0.1) is 0 Å². The molecule has 0 unspecified atom stereocenters. The molecule has 0 aliphatic heterocycles. The minimum Gasteiger partial charge on any atom is -0.471 e. The minimum atomic E-state index is -0.394. The van der Waals surface area contributed by atoms with Gasteiger partial charge in [0.1, 0.15) is 6.61 Å². The molecule has 0 aliphatic carbocycles. The van der Waals surface area contributed by atoms with Gasteiger partial charge in [-0.1, -0.05) is 30.3 Å². The molecular weight excluding hydrogens is 288 g/mol. The lowest BCUT2D eigenvalue weighted by Gasteiger charge is -2.03. The minimum absolute atomic E-state index is 0.0435. The molecule has 0 aliphatic rings. The van der Waals surface area contributed by atoms with Crippen LogP contribution in [0.1, 0.15) is 16.1 Å². The molecule has 0 atom stereocenters. The SMILES string of the molecule is O=C(NCCOCCO)c1cc(OCc2ccccc2)no1. The first kappa shape index (κ1) is 16.0. The van der Waals surface area contributed by atoms with E-state index >= 15 is 0 Å². The second kappa shape index (κ2) is 8.81. The van der Waals surface area contributed by atoms with Crippen LogP contribution in [0.25, 0.3) is 0 Å². The van der Waals surface area contributed by atoms with Crippen LogP contribution in [0.2, 0.25) is 0 Å². The first-order chi connectivity index (χ1) is 10.8. The molecule has 1 heterocycles. The largest absolute Gasteiger partial charge is 0.471 e. The number of rotatable bonds is 9. The lowest BCUT2D eigenvalue weighted by molar-refractivity contribution is 0.0815. The fourth-order valence-corrected chi connectivity index (χ4v) is 1.66. The number of amides is 1. The Morgan fingerprint density at radius 1 is 1.27 bits per heavy atom. The number of aliphatic hydroxyl groups is 1. The van der Waals surface area contributed by atoms with Gasteiger partial charge in [0.15, 0.2) is 0 Å². The van der Waals surface area contributed by atoms with Crippen molar-refractivity contribution in [1.82, 2.24) is 10.5 Å². The summed E-state index contributed by atoms with van der Waals surface area (Å²) in [6.45, 7) is 1.19. The van der Waals surface area contributed by atoms with Gasteiger partial charge in [-0.3, -0.25) is 4.79 Å². The maximum Gasteiger partial charge on any atom is 0.290 e. The number of benzene rings is 1. The average Bonchev–Trinajstić information content (AvgIpc) is 3.03. The summed E-state index contributed by atoms with van der Waals surface area (Å²) in [6.07, 6.45) is 0. The second-order valence-electron chi connectivity index (χ2n) is 4.40. The van der Waals surface area contributed by atoms with Crippen molar-refractivity contribution in [3.05, 3.63) is 47.7 Å². The van der Waals surface area contributed by atoms with Crippen LogP contribution in [-0.4, -0.2) is 42.5 Å². The molecule has 22 heavy (non-hydrogen) atoms. The van der Waals surface area contributed by atoms with Gasteiger partial charge in [-0.05, 0) is 10.7 Å². The van der Waals surface area contributed by atoms with Crippen LogP contribution in [0.4, 0.5) is 0 Å². The van der Waals surface area contributed by atoms with Crippen LogP contribution >= 0.6 is 0 Å². The fraction of sp³-hybridized carbons (Fsp3) is 0.333. The van der Waals surface area contributed by atoms with Gasteiger partial charge < -0.3 is 24.4 Å². The Morgan fingerprint density at radius 2 is 2.09 bits per heavy atom. The molecule has 1 amide bonds. The topological polar surface area (TPSA) is 93.8 Å². The van der Waals surface area contributed by atoms with Gasteiger partial charge >= 0.3 is 0 Å². The molecule has 118 valence electrons. The maximum atomic E-state index is 11.8. The molecule has 1 aromatic carbocycles. The Bertz CT molecular complexity index is 570. The second-order valence-corrected chi connectivity index (χ2v) is 4.40. The van der Waals surface area contributed by atoms with Crippen molar-refractivity contribution in [3.63, 3.8) is 0 Å². The molecule has 0 spiro atoms. The number of aromatic nitrogens is 1. The molecule has 0 saturated carbocycles. The Kier molecular flexibility index (Phi) is 6.40. The standard InChI is InChI=1S/C15H18N2O5/c18-7-9-20-8-6-16-15(19)13-10-14(17-22-13)21-11-12-4-2-1-3-5-12/h1-5,10,18H,6-9,11H2,(H,16,19). The highest BCUT2D eigenvalue weighted by Gasteiger charge is 2.13. The third-order valence-corrected chi connectivity index (χ3v) is 2.71. The monoisotopic (exact) mass is 306 g/mol. The summed E-state index contributed by atoms with van der Waals surface area (Å²) in [4.78, 5) is 11.8. The first-order valence-electron chi connectivity index (χ1n) is 6.90. The third-order valence-electron chi connectivity index (χ3n) is 2.71. The van der Waals surface area contributed by atoms with Crippen LogP contribution in [0.5, 0.6) is 5.88 Å². The van der Waals surface area contributed by atoms with E-state index in [1.165, 1.54) is 6.07 Å². The highest BCUT2D eigenvalue weighted by Crippen LogP contribution is 2.13. The van der Waals surface area contributed by atoms with Crippen LogP contribution in [-0.2, 0) is 11.3 Å². The Hall–Kier alpha value is -2.38. The molecule has 0 saturated heterocycles. The molecular formula is C15H18N2O5. The zero-order chi connectivity index (χ0) is 15.6. The number of hydrogen-bond donors (Lipinski definition) is 2. The molecule has 7 nitrogen and oxygen atoms in total. The van der Waals surface area contributed by atoms with Gasteiger partial charge in [0.05, 0.1) is 25.9 Å². The van der Waals surface area contributed by atoms with Gasteiger partial charge in [0.25, 0.3) is 11.8 Å². The number of nitrogens with one attached hydrogen (secondary N) is 1. The zero-order valence-electron chi connectivity index (χ0n) is 12.0. The first-order valence-corrected chi connectivity index (χ1v) is 6.90. The summed E-state index contributed by atoms with van der Waals surface area (Å²) in [5.41, 5.74) is 0.998. The van der Waals surface area contributed by atoms with E-state index in [9.17, 15) is 4.79 Å². The summed E-state index contributed by atoms with van der Waals surface area (Å²) >= 11 is 0. The Balaban J connectivity index is 1.74. The van der Waals surface area contributed by atoms with E-state index in [1.54, 1.807) is 0 Å². The number of carbonyl (C=O) groups is 1. The van der Waals surface area contributed by atoms with E-state index in [1.807, 2.05) is 30.3 Å². The quantitative estimate of drug-likeness (QED) is 0.671. The van der Waals surface area contributed by atoms with E-state index in [0.29, 0.717) is 19.8 Å². The molecule has 0 bridgehead atoms.